The van der Waals surface area contributed by atoms with Gasteiger partial charge in [-0.25, -0.2) is 0 Å². The summed E-state index contributed by atoms with van der Waals surface area (Å²) >= 11 is 0. The lowest BCUT2D eigenvalue weighted by atomic mass is 10.2. The van der Waals surface area contributed by atoms with E-state index in [2.05, 4.69) is 17.1 Å². The van der Waals surface area contributed by atoms with Crippen LogP contribution in [0.15, 0.2) is 4.52 Å². The van der Waals surface area contributed by atoms with E-state index in [0.717, 1.165) is 12.8 Å². The Morgan fingerprint density at radius 2 is 2.16 bits per heavy atom. The molecule has 0 aliphatic heterocycles. The second-order valence-electron chi connectivity index (χ2n) is 4.40. The molecule has 0 aliphatic rings. The van der Waals surface area contributed by atoms with Crippen LogP contribution in [-0.2, 0) is 17.6 Å². The SMILES string of the molecule is CCCc1noc(CCC(=O)N(CC)CCCO)n1. The van der Waals surface area contributed by atoms with Gasteiger partial charge in [0, 0.05) is 39.0 Å². The van der Waals surface area contributed by atoms with Crippen LogP contribution in [0.25, 0.3) is 0 Å². The van der Waals surface area contributed by atoms with E-state index in [1.807, 2.05) is 6.92 Å². The van der Waals surface area contributed by atoms with Crippen LogP contribution in [0.4, 0.5) is 0 Å². The predicted molar refractivity (Wildman–Crippen MR) is 70.6 cm³/mol. The van der Waals surface area contributed by atoms with Crippen LogP contribution in [0, 0.1) is 0 Å². The summed E-state index contributed by atoms with van der Waals surface area (Å²) in [6, 6.07) is 0. The van der Waals surface area contributed by atoms with E-state index in [1.165, 1.54) is 0 Å². The minimum Gasteiger partial charge on any atom is -0.396 e. The first-order chi connectivity index (χ1) is 9.21. The van der Waals surface area contributed by atoms with Gasteiger partial charge in [-0.15, -0.1) is 0 Å². The molecule has 0 atom stereocenters. The molecule has 1 rings (SSSR count). The fourth-order valence-corrected chi connectivity index (χ4v) is 1.81. The van der Waals surface area contributed by atoms with Gasteiger partial charge in [0.05, 0.1) is 0 Å². The molecule has 1 aromatic heterocycles. The van der Waals surface area contributed by atoms with E-state index >= 15 is 0 Å². The van der Waals surface area contributed by atoms with Crippen molar-refractivity contribution in [3.8, 4) is 0 Å². The van der Waals surface area contributed by atoms with Crippen LogP contribution in [0.3, 0.4) is 0 Å². The highest BCUT2D eigenvalue weighted by Crippen LogP contribution is 2.05. The summed E-state index contributed by atoms with van der Waals surface area (Å²) in [6.45, 7) is 5.34. The van der Waals surface area contributed by atoms with E-state index in [-0.39, 0.29) is 12.5 Å². The molecule has 1 amide bonds. The molecule has 6 nitrogen and oxygen atoms in total. The lowest BCUT2D eigenvalue weighted by molar-refractivity contribution is -0.131. The standard InChI is InChI=1S/C13H23N3O3/c1-3-6-11-14-12(19-15-11)7-8-13(18)16(4-2)9-5-10-17/h17H,3-10H2,1-2H3. The van der Waals surface area contributed by atoms with Gasteiger partial charge in [-0.05, 0) is 19.8 Å². The summed E-state index contributed by atoms with van der Waals surface area (Å²) in [5.74, 6) is 1.29. The van der Waals surface area contributed by atoms with Crippen molar-refractivity contribution < 1.29 is 14.4 Å². The molecule has 0 unspecified atom stereocenters. The number of aliphatic hydroxyl groups is 1. The highest BCUT2D eigenvalue weighted by molar-refractivity contribution is 5.76. The number of amides is 1. The molecule has 0 spiro atoms. The Labute approximate surface area is 113 Å². The van der Waals surface area contributed by atoms with Gasteiger partial charge in [0.2, 0.25) is 11.8 Å². The summed E-state index contributed by atoms with van der Waals surface area (Å²) in [5, 5.41) is 12.6. The molecule has 1 N–H and O–H groups in total. The number of carbonyl (C=O) groups is 1. The smallest absolute Gasteiger partial charge is 0.227 e. The second-order valence-corrected chi connectivity index (χ2v) is 4.40. The molecular formula is C13H23N3O3. The van der Waals surface area contributed by atoms with Gasteiger partial charge in [0.1, 0.15) is 0 Å². The minimum absolute atomic E-state index is 0.0613. The lowest BCUT2D eigenvalue weighted by Crippen LogP contribution is -2.32. The van der Waals surface area contributed by atoms with Crippen molar-refractivity contribution >= 4 is 5.91 Å². The third kappa shape index (κ3) is 5.38. The number of nitrogens with zero attached hydrogens (tertiary/aromatic N) is 3. The zero-order valence-electron chi connectivity index (χ0n) is 11.8. The van der Waals surface area contributed by atoms with Crippen LogP contribution in [0.2, 0.25) is 0 Å². The highest BCUT2D eigenvalue weighted by Gasteiger charge is 2.13. The first kappa shape index (κ1) is 15.6. The van der Waals surface area contributed by atoms with Crippen molar-refractivity contribution in [2.75, 3.05) is 19.7 Å². The number of rotatable bonds is 9. The average Bonchev–Trinajstić information content (AvgIpc) is 2.85. The maximum atomic E-state index is 11.9. The summed E-state index contributed by atoms with van der Waals surface area (Å²) in [5.41, 5.74) is 0. The van der Waals surface area contributed by atoms with Gasteiger partial charge >= 0.3 is 0 Å². The highest BCUT2D eigenvalue weighted by atomic mass is 16.5. The summed E-state index contributed by atoms with van der Waals surface area (Å²) in [6.07, 6.45) is 3.23. The lowest BCUT2D eigenvalue weighted by Gasteiger charge is -2.19. The fraction of sp³-hybridized carbons (Fsp3) is 0.769. The van der Waals surface area contributed by atoms with E-state index in [1.54, 1.807) is 4.90 Å². The largest absolute Gasteiger partial charge is 0.396 e. The van der Waals surface area contributed by atoms with Crippen molar-refractivity contribution in [1.82, 2.24) is 15.0 Å². The summed E-state index contributed by atoms with van der Waals surface area (Å²) in [7, 11) is 0. The van der Waals surface area contributed by atoms with E-state index in [9.17, 15) is 4.79 Å². The van der Waals surface area contributed by atoms with Crippen LogP contribution in [0.1, 0.15) is 44.8 Å². The van der Waals surface area contributed by atoms with E-state index in [0.29, 0.717) is 44.1 Å². The maximum Gasteiger partial charge on any atom is 0.227 e. The molecule has 0 fully saturated rings. The Kier molecular flexibility index (Phi) is 7.10. The Bertz CT molecular complexity index is 379. The van der Waals surface area contributed by atoms with Crippen LogP contribution >= 0.6 is 0 Å². The van der Waals surface area contributed by atoms with Crippen LogP contribution in [0.5, 0.6) is 0 Å². The Morgan fingerprint density at radius 3 is 2.79 bits per heavy atom. The number of hydrogen-bond acceptors (Lipinski definition) is 5. The third-order valence-corrected chi connectivity index (χ3v) is 2.86. The molecule has 0 aliphatic carbocycles. The van der Waals surface area contributed by atoms with Gasteiger partial charge in [-0.3, -0.25) is 4.79 Å². The Balaban J connectivity index is 2.38. The number of carbonyl (C=O) groups excluding carboxylic acids is 1. The Hall–Kier alpha value is -1.43. The van der Waals surface area contributed by atoms with Crippen molar-refractivity contribution in [2.45, 2.75) is 46.0 Å². The van der Waals surface area contributed by atoms with Crippen molar-refractivity contribution in [3.63, 3.8) is 0 Å². The van der Waals surface area contributed by atoms with Crippen molar-refractivity contribution in [1.29, 1.82) is 0 Å². The number of aromatic nitrogens is 2. The Morgan fingerprint density at radius 1 is 1.37 bits per heavy atom. The van der Waals surface area contributed by atoms with E-state index in [4.69, 9.17) is 9.63 Å². The molecule has 0 saturated carbocycles. The van der Waals surface area contributed by atoms with Gasteiger partial charge in [0.25, 0.3) is 0 Å². The van der Waals surface area contributed by atoms with Crippen molar-refractivity contribution in [2.24, 2.45) is 0 Å². The van der Waals surface area contributed by atoms with E-state index < -0.39 is 0 Å². The molecule has 19 heavy (non-hydrogen) atoms. The first-order valence-electron chi connectivity index (χ1n) is 6.91. The van der Waals surface area contributed by atoms with Gasteiger partial charge in [-0.1, -0.05) is 12.1 Å². The van der Waals surface area contributed by atoms with Crippen LogP contribution < -0.4 is 0 Å². The van der Waals surface area contributed by atoms with Gasteiger partial charge in [0.15, 0.2) is 5.82 Å². The topological polar surface area (TPSA) is 79.5 Å². The third-order valence-electron chi connectivity index (χ3n) is 2.86. The number of aliphatic hydroxyl groups excluding tert-OH is 1. The van der Waals surface area contributed by atoms with Crippen molar-refractivity contribution in [3.05, 3.63) is 11.7 Å². The second kappa shape index (κ2) is 8.63. The summed E-state index contributed by atoms with van der Waals surface area (Å²) in [4.78, 5) is 17.9. The molecule has 1 heterocycles. The molecule has 0 aromatic carbocycles. The minimum atomic E-state index is 0.0613. The fourth-order valence-electron chi connectivity index (χ4n) is 1.81. The summed E-state index contributed by atoms with van der Waals surface area (Å²) < 4.78 is 5.09. The molecule has 0 bridgehead atoms. The molecule has 0 saturated heterocycles. The average molecular weight is 269 g/mol. The van der Waals surface area contributed by atoms with Gasteiger partial charge < -0.3 is 14.5 Å². The van der Waals surface area contributed by atoms with Crippen LogP contribution in [-0.4, -0.2) is 45.8 Å². The molecular weight excluding hydrogens is 246 g/mol. The maximum absolute atomic E-state index is 11.9. The van der Waals surface area contributed by atoms with Gasteiger partial charge in [-0.2, -0.15) is 4.98 Å². The molecule has 1 aromatic rings. The molecule has 0 radical (unpaired) electrons. The molecule has 108 valence electrons. The molecule has 6 heteroatoms. The zero-order chi connectivity index (χ0) is 14.1. The quantitative estimate of drug-likeness (QED) is 0.728. The first-order valence-corrected chi connectivity index (χ1v) is 6.91. The zero-order valence-corrected chi connectivity index (χ0v) is 11.8. The number of hydrogen-bond donors (Lipinski definition) is 1. The number of aryl methyl sites for hydroxylation is 2. The monoisotopic (exact) mass is 269 g/mol. The predicted octanol–water partition coefficient (Wildman–Crippen LogP) is 1.19. The normalized spacial score (nSPS) is 10.7.